The summed E-state index contributed by atoms with van der Waals surface area (Å²) in [7, 11) is 0. The molecule has 176 valence electrons. The van der Waals surface area contributed by atoms with Crippen molar-refractivity contribution in [3.8, 4) is 0 Å². The van der Waals surface area contributed by atoms with E-state index in [2.05, 4.69) is 0 Å². The smallest absolute Gasteiger partial charge is 0.334 e. The minimum absolute atomic E-state index is 0.235. The maximum absolute atomic E-state index is 13.7. The summed E-state index contributed by atoms with van der Waals surface area (Å²) in [5.74, 6) is -2.31. The summed E-state index contributed by atoms with van der Waals surface area (Å²) in [4.78, 5) is 56.0. The van der Waals surface area contributed by atoms with Crippen LogP contribution in [0.4, 0.5) is 5.69 Å². The van der Waals surface area contributed by atoms with Crippen LogP contribution in [0.25, 0.3) is 0 Å². The Bertz CT molecular complexity index is 1280. The number of hydrogen-bond donors (Lipinski definition) is 0. The van der Waals surface area contributed by atoms with Crippen LogP contribution in [0.1, 0.15) is 46.2 Å². The second kappa shape index (κ2) is 8.51. The molecule has 0 spiro atoms. The number of carbonyl (C=O) groups excluding carboxylic acids is 4. The van der Waals surface area contributed by atoms with Crippen molar-refractivity contribution in [1.29, 1.82) is 0 Å². The third kappa shape index (κ3) is 3.79. The molecule has 0 aliphatic carbocycles. The number of carbonyl (C=O) groups is 4. The predicted octanol–water partition coefficient (Wildman–Crippen LogP) is 4.01. The lowest BCUT2D eigenvalue weighted by atomic mass is 9.89. The molecule has 1 fully saturated rings. The average molecular weight is 469 g/mol. The van der Waals surface area contributed by atoms with Crippen LogP contribution in [-0.2, 0) is 14.3 Å². The fraction of sp³-hybridized carbons (Fsp3) is 0.214. The Morgan fingerprint density at radius 3 is 1.91 bits per heavy atom. The average Bonchev–Trinajstić information content (AvgIpc) is 3.25. The summed E-state index contributed by atoms with van der Waals surface area (Å²) >= 11 is 0. The number of rotatable bonds is 5. The van der Waals surface area contributed by atoms with Crippen molar-refractivity contribution < 1.29 is 23.9 Å². The van der Waals surface area contributed by atoms with E-state index in [1.165, 1.54) is 0 Å². The normalized spacial score (nSPS) is 19.6. The van der Waals surface area contributed by atoms with Gasteiger partial charge in [-0.25, -0.2) is 4.79 Å². The number of para-hydroxylation sites is 1. The van der Waals surface area contributed by atoms with Crippen LogP contribution in [0.2, 0.25) is 0 Å². The molecule has 2 aliphatic rings. The van der Waals surface area contributed by atoms with E-state index < -0.39 is 35.3 Å². The molecular weight excluding hydrogens is 444 g/mol. The van der Waals surface area contributed by atoms with Crippen molar-refractivity contribution in [3.63, 3.8) is 0 Å². The number of imide groups is 1. The van der Waals surface area contributed by atoms with Gasteiger partial charge in [0, 0.05) is 17.6 Å². The van der Waals surface area contributed by atoms with Gasteiger partial charge in [-0.3, -0.25) is 19.3 Å². The molecule has 0 unspecified atom stereocenters. The number of esters is 1. The van der Waals surface area contributed by atoms with Gasteiger partial charge in [0.2, 0.25) is 0 Å². The van der Waals surface area contributed by atoms with E-state index in [9.17, 15) is 19.2 Å². The van der Waals surface area contributed by atoms with E-state index in [0.717, 1.165) is 4.90 Å². The Balaban J connectivity index is 1.48. The molecule has 7 heteroatoms. The maximum Gasteiger partial charge on any atom is 0.334 e. The first-order chi connectivity index (χ1) is 16.8. The molecule has 2 aliphatic heterocycles. The molecule has 3 aromatic carbocycles. The molecule has 2 heterocycles. The predicted molar refractivity (Wildman–Crippen MR) is 129 cm³/mol. The maximum atomic E-state index is 13.7. The van der Waals surface area contributed by atoms with E-state index in [-0.39, 0.29) is 17.0 Å². The molecule has 0 N–H and O–H groups in total. The molecule has 35 heavy (non-hydrogen) atoms. The lowest BCUT2D eigenvalue weighted by Crippen LogP contribution is -2.43. The third-order valence-electron chi connectivity index (χ3n) is 6.49. The number of benzene rings is 3. The van der Waals surface area contributed by atoms with Crippen LogP contribution in [0.3, 0.4) is 0 Å². The molecule has 5 rings (SSSR count). The van der Waals surface area contributed by atoms with Crippen molar-refractivity contribution in [2.75, 3.05) is 11.4 Å². The highest BCUT2D eigenvalue weighted by Crippen LogP contribution is 2.38. The van der Waals surface area contributed by atoms with Gasteiger partial charge >= 0.3 is 5.97 Å². The van der Waals surface area contributed by atoms with E-state index in [4.69, 9.17) is 4.74 Å². The number of anilines is 1. The molecule has 0 aromatic heterocycles. The van der Waals surface area contributed by atoms with E-state index in [0.29, 0.717) is 17.8 Å². The Labute approximate surface area is 202 Å². The van der Waals surface area contributed by atoms with Crippen molar-refractivity contribution >= 4 is 29.4 Å². The summed E-state index contributed by atoms with van der Waals surface area (Å²) < 4.78 is 5.84. The lowest BCUT2D eigenvalue weighted by Gasteiger charge is -2.29. The molecule has 0 bridgehead atoms. The van der Waals surface area contributed by atoms with Crippen molar-refractivity contribution in [3.05, 3.63) is 102 Å². The van der Waals surface area contributed by atoms with Crippen LogP contribution in [0.15, 0.2) is 84.9 Å². The molecule has 1 saturated heterocycles. The molecule has 7 nitrogen and oxygen atoms in total. The van der Waals surface area contributed by atoms with Gasteiger partial charge in [-0.2, -0.15) is 0 Å². The highest BCUT2D eigenvalue weighted by atomic mass is 16.6. The molecule has 0 radical (unpaired) electrons. The first-order valence-corrected chi connectivity index (χ1v) is 11.4. The minimum Gasteiger partial charge on any atom is -0.450 e. The largest absolute Gasteiger partial charge is 0.450 e. The van der Waals surface area contributed by atoms with E-state index in [1.807, 2.05) is 44.2 Å². The van der Waals surface area contributed by atoms with Crippen molar-refractivity contribution in [2.24, 2.45) is 5.41 Å². The first-order valence-electron chi connectivity index (χ1n) is 11.4. The quantitative estimate of drug-likeness (QED) is 0.417. The van der Waals surface area contributed by atoms with Gasteiger partial charge in [0.1, 0.15) is 0 Å². The summed E-state index contributed by atoms with van der Waals surface area (Å²) in [6, 6.07) is 22.8. The van der Waals surface area contributed by atoms with Gasteiger partial charge < -0.3 is 9.64 Å². The topological polar surface area (TPSA) is 84.0 Å². The standard InChI is InChI=1S/C28H24N2O5/c1-28(2)17-29(19-13-7-4-8-14-19)26(33)23(28)35-27(34)22(18-11-5-3-6-12-18)30-24(31)20-15-9-10-16-21(20)25(30)32/h3-16,22-23H,17H2,1-2H3/t22-,23+/m1/s1. The second-order valence-electron chi connectivity index (χ2n) is 9.40. The van der Waals surface area contributed by atoms with E-state index >= 15 is 0 Å². The van der Waals surface area contributed by atoms with Gasteiger partial charge in [0.05, 0.1) is 11.1 Å². The summed E-state index contributed by atoms with van der Waals surface area (Å²) in [5.41, 5.74) is 0.919. The van der Waals surface area contributed by atoms with Crippen molar-refractivity contribution in [2.45, 2.75) is 26.0 Å². The van der Waals surface area contributed by atoms with Gasteiger partial charge in [0.15, 0.2) is 12.1 Å². The Kier molecular flexibility index (Phi) is 5.47. The number of hydrogen-bond acceptors (Lipinski definition) is 5. The molecular formula is C28H24N2O5. The number of amides is 3. The highest BCUT2D eigenvalue weighted by molar-refractivity contribution is 6.22. The zero-order chi connectivity index (χ0) is 24.7. The highest BCUT2D eigenvalue weighted by Gasteiger charge is 2.51. The fourth-order valence-corrected chi connectivity index (χ4v) is 4.73. The molecule has 0 saturated carbocycles. The second-order valence-corrected chi connectivity index (χ2v) is 9.40. The van der Waals surface area contributed by atoms with E-state index in [1.54, 1.807) is 59.5 Å². The Morgan fingerprint density at radius 2 is 1.34 bits per heavy atom. The lowest BCUT2D eigenvalue weighted by molar-refractivity contribution is -0.162. The third-order valence-corrected chi connectivity index (χ3v) is 6.49. The number of ether oxygens (including phenoxy) is 1. The molecule has 3 amide bonds. The summed E-state index contributed by atoms with van der Waals surface area (Å²) in [6.45, 7) is 4.06. The number of fused-ring (bicyclic) bond motifs is 1. The monoisotopic (exact) mass is 468 g/mol. The number of nitrogens with zero attached hydrogens (tertiary/aromatic N) is 2. The van der Waals surface area contributed by atoms with Gasteiger partial charge in [-0.1, -0.05) is 74.5 Å². The fourth-order valence-electron chi connectivity index (χ4n) is 4.73. The molecule has 3 aromatic rings. The zero-order valence-electron chi connectivity index (χ0n) is 19.4. The summed E-state index contributed by atoms with van der Waals surface area (Å²) in [6.07, 6.45) is -1.07. The van der Waals surface area contributed by atoms with Gasteiger partial charge in [-0.05, 0) is 29.8 Å². The minimum atomic E-state index is -1.32. The van der Waals surface area contributed by atoms with Crippen LogP contribution in [-0.4, -0.2) is 41.2 Å². The van der Waals surface area contributed by atoms with Crippen LogP contribution >= 0.6 is 0 Å². The van der Waals surface area contributed by atoms with Gasteiger partial charge in [-0.15, -0.1) is 0 Å². The van der Waals surface area contributed by atoms with Crippen LogP contribution in [0, 0.1) is 5.41 Å². The Morgan fingerprint density at radius 1 is 0.829 bits per heavy atom. The first kappa shape index (κ1) is 22.5. The summed E-state index contributed by atoms with van der Waals surface area (Å²) in [5, 5.41) is 0. The molecule has 2 atom stereocenters. The van der Waals surface area contributed by atoms with Crippen molar-refractivity contribution in [1.82, 2.24) is 4.90 Å². The Hall–Kier alpha value is -4.26. The van der Waals surface area contributed by atoms with Crippen LogP contribution < -0.4 is 4.90 Å². The zero-order valence-corrected chi connectivity index (χ0v) is 19.4. The van der Waals surface area contributed by atoms with Gasteiger partial charge in [0.25, 0.3) is 17.7 Å². The van der Waals surface area contributed by atoms with Crippen LogP contribution in [0.5, 0.6) is 0 Å². The SMILES string of the molecule is CC1(C)CN(c2ccccc2)C(=O)[C@@H]1OC(=O)[C@@H](c1ccccc1)N1C(=O)c2ccccc2C1=O.